The molecule has 0 aliphatic heterocycles. The van der Waals surface area contributed by atoms with Gasteiger partial charge >= 0.3 is 5.97 Å². The van der Waals surface area contributed by atoms with E-state index in [4.69, 9.17) is 4.74 Å². The molecule has 0 aromatic heterocycles. The van der Waals surface area contributed by atoms with E-state index in [9.17, 15) is 9.59 Å². The topological polar surface area (TPSA) is 43.4 Å². The van der Waals surface area contributed by atoms with Crippen molar-refractivity contribution in [3.8, 4) is 0 Å². The highest BCUT2D eigenvalue weighted by Gasteiger charge is 2.18. The van der Waals surface area contributed by atoms with Gasteiger partial charge in [0.25, 0.3) is 0 Å². The van der Waals surface area contributed by atoms with Crippen molar-refractivity contribution in [2.75, 3.05) is 6.61 Å². The van der Waals surface area contributed by atoms with E-state index in [0.29, 0.717) is 31.4 Å². The number of hydrogen-bond acceptors (Lipinski definition) is 3. The minimum atomic E-state index is -0.208. The molecule has 0 saturated carbocycles. The number of hydrogen-bond donors (Lipinski definition) is 0. The Bertz CT molecular complexity index is 620. The van der Waals surface area contributed by atoms with Crippen molar-refractivity contribution in [1.82, 2.24) is 0 Å². The molecule has 0 fully saturated rings. The van der Waals surface area contributed by atoms with Crippen molar-refractivity contribution >= 4 is 11.8 Å². The minimum absolute atomic E-state index is 0.0216. The monoisotopic (exact) mass is 310 g/mol. The molecule has 23 heavy (non-hydrogen) atoms. The number of rotatable bonds is 8. The molecule has 120 valence electrons. The first kappa shape index (κ1) is 16.9. The first-order chi connectivity index (χ1) is 11.2. The van der Waals surface area contributed by atoms with Gasteiger partial charge in [0, 0.05) is 18.4 Å². The molecule has 0 N–H and O–H groups in total. The van der Waals surface area contributed by atoms with Crippen LogP contribution in [0.5, 0.6) is 0 Å². The van der Waals surface area contributed by atoms with Crippen LogP contribution in [0.4, 0.5) is 0 Å². The summed E-state index contributed by atoms with van der Waals surface area (Å²) in [5.74, 6) is -0.0859. The van der Waals surface area contributed by atoms with E-state index in [2.05, 4.69) is 0 Å². The Labute approximate surface area is 137 Å². The maximum Gasteiger partial charge on any atom is 0.305 e. The predicted molar refractivity (Wildman–Crippen MR) is 90.4 cm³/mol. The van der Waals surface area contributed by atoms with Crippen LogP contribution in [0, 0.1) is 0 Å². The molecule has 1 atom stereocenters. The highest BCUT2D eigenvalue weighted by atomic mass is 16.5. The fraction of sp³-hybridized carbons (Fsp3) is 0.300. The van der Waals surface area contributed by atoms with Gasteiger partial charge in [0.2, 0.25) is 0 Å². The van der Waals surface area contributed by atoms with Gasteiger partial charge < -0.3 is 4.74 Å². The number of carbonyl (C=O) groups excluding carboxylic acids is 2. The van der Waals surface area contributed by atoms with Crippen LogP contribution in [-0.4, -0.2) is 18.4 Å². The van der Waals surface area contributed by atoms with Gasteiger partial charge in [-0.05, 0) is 24.8 Å². The zero-order valence-electron chi connectivity index (χ0n) is 13.4. The summed E-state index contributed by atoms with van der Waals surface area (Å²) in [6.07, 6.45) is 1.34. The number of ketones is 1. The standard InChI is InChI=1S/C20H22O3/c1-2-23-20(22)14-13-18(16-9-5-3-6-10-16)15-19(21)17-11-7-4-8-12-17/h3-12,18H,2,13-15H2,1H3. The third-order valence-corrected chi connectivity index (χ3v) is 3.80. The molecule has 0 heterocycles. The molecular formula is C20H22O3. The molecule has 0 bridgehead atoms. The van der Waals surface area contributed by atoms with Crippen LogP contribution >= 0.6 is 0 Å². The number of carbonyl (C=O) groups is 2. The summed E-state index contributed by atoms with van der Waals surface area (Å²) < 4.78 is 4.99. The fourth-order valence-electron chi connectivity index (χ4n) is 2.60. The van der Waals surface area contributed by atoms with Crippen LogP contribution in [0.2, 0.25) is 0 Å². The van der Waals surface area contributed by atoms with Crippen molar-refractivity contribution in [3.63, 3.8) is 0 Å². The SMILES string of the molecule is CCOC(=O)CCC(CC(=O)c1ccccc1)c1ccccc1. The Morgan fingerprint density at radius 3 is 2.17 bits per heavy atom. The molecular weight excluding hydrogens is 288 g/mol. The zero-order valence-corrected chi connectivity index (χ0v) is 13.4. The van der Waals surface area contributed by atoms with Crippen LogP contribution in [0.15, 0.2) is 60.7 Å². The Balaban J connectivity index is 2.07. The summed E-state index contributed by atoms with van der Waals surface area (Å²) in [6, 6.07) is 19.2. The first-order valence-electron chi connectivity index (χ1n) is 7.99. The lowest BCUT2D eigenvalue weighted by molar-refractivity contribution is -0.143. The van der Waals surface area contributed by atoms with E-state index in [1.165, 1.54) is 0 Å². The average molecular weight is 310 g/mol. The predicted octanol–water partition coefficient (Wildman–Crippen LogP) is 4.39. The largest absolute Gasteiger partial charge is 0.466 e. The van der Waals surface area contributed by atoms with E-state index >= 15 is 0 Å². The van der Waals surface area contributed by atoms with Crippen molar-refractivity contribution < 1.29 is 14.3 Å². The van der Waals surface area contributed by atoms with Gasteiger partial charge in [0.15, 0.2) is 5.78 Å². The fourth-order valence-corrected chi connectivity index (χ4v) is 2.60. The molecule has 0 aliphatic rings. The summed E-state index contributed by atoms with van der Waals surface area (Å²) >= 11 is 0. The second-order valence-corrected chi connectivity index (χ2v) is 5.44. The molecule has 0 spiro atoms. The smallest absolute Gasteiger partial charge is 0.305 e. The molecule has 0 radical (unpaired) electrons. The molecule has 0 aliphatic carbocycles. The lowest BCUT2D eigenvalue weighted by atomic mass is 9.88. The maximum atomic E-state index is 12.5. The van der Waals surface area contributed by atoms with Gasteiger partial charge in [-0.3, -0.25) is 9.59 Å². The Kier molecular flexibility index (Phi) is 6.55. The zero-order chi connectivity index (χ0) is 16.5. The van der Waals surface area contributed by atoms with Crippen molar-refractivity contribution in [1.29, 1.82) is 0 Å². The lowest BCUT2D eigenvalue weighted by Gasteiger charge is -2.16. The van der Waals surface area contributed by atoms with Crippen LogP contribution in [-0.2, 0) is 9.53 Å². The number of benzene rings is 2. The molecule has 1 unspecified atom stereocenters. The van der Waals surface area contributed by atoms with Gasteiger partial charge in [0.1, 0.15) is 0 Å². The summed E-state index contributed by atoms with van der Waals surface area (Å²) in [5, 5.41) is 0. The molecule has 2 aromatic carbocycles. The van der Waals surface area contributed by atoms with E-state index in [1.807, 2.05) is 60.7 Å². The number of Topliss-reactive ketones (excluding diaryl/α,β-unsaturated/α-hetero) is 1. The van der Waals surface area contributed by atoms with Crippen LogP contribution in [0.25, 0.3) is 0 Å². The maximum absolute atomic E-state index is 12.5. The van der Waals surface area contributed by atoms with Crippen molar-refractivity contribution in [2.45, 2.75) is 32.1 Å². The normalized spacial score (nSPS) is 11.7. The molecule has 3 heteroatoms. The van der Waals surface area contributed by atoms with Crippen molar-refractivity contribution in [2.24, 2.45) is 0 Å². The van der Waals surface area contributed by atoms with E-state index in [1.54, 1.807) is 6.92 Å². The van der Waals surface area contributed by atoms with Crippen LogP contribution in [0.1, 0.15) is 48.0 Å². The lowest BCUT2D eigenvalue weighted by Crippen LogP contribution is -2.11. The Morgan fingerprint density at radius 1 is 0.957 bits per heavy atom. The summed E-state index contributed by atoms with van der Waals surface area (Å²) in [5.41, 5.74) is 1.80. The van der Waals surface area contributed by atoms with E-state index in [0.717, 1.165) is 5.56 Å². The van der Waals surface area contributed by atoms with E-state index < -0.39 is 0 Å². The number of ether oxygens (including phenoxy) is 1. The summed E-state index contributed by atoms with van der Waals surface area (Å²) in [6.45, 7) is 2.18. The average Bonchev–Trinajstić information content (AvgIpc) is 2.60. The van der Waals surface area contributed by atoms with Gasteiger partial charge in [0.05, 0.1) is 6.61 Å². The first-order valence-corrected chi connectivity index (χ1v) is 7.99. The molecule has 0 saturated heterocycles. The van der Waals surface area contributed by atoms with Crippen LogP contribution < -0.4 is 0 Å². The van der Waals surface area contributed by atoms with E-state index in [-0.39, 0.29) is 17.7 Å². The second-order valence-electron chi connectivity index (χ2n) is 5.44. The second kappa shape index (κ2) is 8.89. The molecule has 2 rings (SSSR count). The number of esters is 1. The minimum Gasteiger partial charge on any atom is -0.466 e. The quantitative estimate of drug-likeness (QED) is 0.536. The third-order valence-electron chi connectivity index (χ3n) is 3.80. The summed E-state index contributed by atoms with van der Waals surface area (Å²) in [4.78, 5) is 24.1. The Morgan fingerprint density at radius 2 is 1.57 bits per heavy atom. The highest BCUT2D eigenvalue weighted by Crippen LogP contribution is 2.26. The van der Waals surface area contributed by atoms with Gasteiger partial charge in [-0.1, -0.05) is 60.7 Å². The van der Waals surface area contributed by atoms with Crippen LogP contribution in [0.3, 0.4) is 0 Å². The Hall–Kier alpha value is -2.42. The molecule has 3 nitrogen and oxygen atoms in total. The van der Waals surface area contributed by atoms with Gasteiger partial charge in [-0.2, -0.15) is 0 Å². The van der Waals surface area contributed by atoms with Crippen molar-refractivity contribution in [3.05, 3.63) is 71.8 Å². The van der Waals surface area contributed by atoms with Gasteiger partial charge in [-0.25, -0.2) is 0 Å². The highest BCUT2D eigenvalue weighted by molar-refractivity contribution is 5.96. The summed E-state index contributed by atoms with van der Waals surface area (Å²) in [7, 11) is 0. The third kappa shape index (κ3) is 5.37. The molecule has 2 aromatic rings. The van der Waals surface area contributed by atoms with Gasteiger partial charge in [-0.15, -0.1) is 0 Å². The molecule has 0 amide bonds.